The number of piperidine rings is 1. The summed E-state index contributed by atoms with van der Waals surface area (Å²) in [5, 5.41) is 15.8. The van der Waals surface area contributed by atoms with Crippen LogP contribution in [0.2, 0.25) is 0 Å². The molecule has 0 saturated carbocycles. The minimum atomic E-state index is 0.0525. The lowest BCUT2D eigenvalue weighted by molar-refractivity contribution is 0.100. The second kappa shape index (κ2) is 35.5. The number of carbonyl (C=O) groups is 7. The average Bonchev–Trinajstić information content (AvgIpc) is 1.58. The van der Waals surface area contributed by atoms with Gasteiger partial charge in [-0.3, -0.25) is 33.6 Å². The second-order valence-electron chi connectivity index (χ2n) is 31.8. The van der Waals surface area contributed by atoms with Crippen LogP contribution in [-0.2, 0) is 32.6 Å². The minimum absolute atomic E-state index is 0.0525. The first-order valence-electron chi connectivity index (χ1n) is 40.3. The van der Waals surface area contributed by atoms with E-state index in [2.05, 4.69) is 128 Å². The van der Waals surface area contributed by atoms with E-state index in [4.69, 9.17) is 0 Å². The number of rotatable bonds is 24. The molecule has 0 radical (unpaired) electrons. The molecular formula is C95H112N8O7. The summed E-state index contributed by atoms with van der Waals surface area (Å²) < 4.78 is 9.40. The van der Waals surface area contributed by atoms with Gasteiger partial charge in [-0.1, -0.05) is 60.1 Å². The van der Waals surface area contributed by atoms with E-state index in [-0.39, 0.29) is 40.5 Å². The van der Waals surface area contributed by atoms with E-state index in [9.17, 15) is 33.6 Å². The van der Waals surface area contributed by atoms with Crippen LogP contribution in [0.4, 0.5) is 0 Å². The summed E-state index contributed by atoms with van der Waals surface area (Å²) in [4.78, 5) is 88.4. The zero-order valence-electron chi connectivity index (χ0n) is 67.0. The average molecular weight is 1480 g/mol. The van der Waals surface area contributed by atoms with Gasteiger partial charge >= 0.3 is 0 Å². The Kier molecular flexibility index (Phi) is 25.7. The maximum Gasteiger partial charge on any atom is 0.159 e. The lowest BCUT2D eigenvalue weighted by Gasteiger charge is -2.30. The third-order valence-corrected chi connectivity index (χ3v) is 22.9. The number of likely N-dealkylation sites (tertiary alicyclic amines) is 2. The maximum absolute atomic E-state index is 11.9. The molecule has 3 aliphatic rings. The van der Waals surface area contributed by atoms with Crippen molar-refractivity contribution in [1.29, 1.82) is 0 Å². The Hall–Kier alpha value is -9.77. The van der Waals surface area contributed by atoms with Gasteiger partial charge in [0.1, 0.15) is 0 Å². The summed E-state index contributed by atoms with van der Waals surface area (Å²) in [6.07, 6.45) is 13.2. The first-order valence-corrected chi connectivity index (χ1v) is 40.3. The van der Waals surface area contributed by atoms with Crippen molar-refractivity contribution in [2.45, 2.75) is 192 Å². The normalized spacial score (nSPS) is 14.4. The number of ketones is 7. The van der Waals surface area contributed by atoms with E-state index in [1.54, 1.807) is 48.5 Å². The minimum Gasteiger partial charge on any atom is -0.340 e. The Morgan fingerprint density at radius 2 is 0.655 bits per heavy atom. The quantitative estimate of drug-likeness (QED) is 0.0436. The third-order valence-electron chi connectivity index (χ3n) is 22.9. The van der Waals surface area contributed by atoms with Crippen LogP contribution < -0.4 is 10.6 Å². The fraction of sp³-hybridized carbons (Fsp3) is 0.400. The van der Waals surface area contributed by atoms with Gasteiger partial charge in [0.2, 0.25) is 0 Å². The number of nitrogens with one attached hydrogen (secondary N) is 2. The number of benzene rings is 8. The summed E-state index contributed by atoms with van der Waals surface area (Å²) >= 11 is 0. The van der Waals surface area contributed by atoms with Crippen molar-refractivity contribution in [2.24, 2.45) is 5.92 Å². The van der Waals surface area contributed by atoms with Crippen molar-refractivity contribution in [3.05, 3.63) is 196 Å². The second-order valence-corrected chi connectivity index (χ2v) is 31.8. The predicted molar refractivity (Wildman–Crippen MR) is 455 cm³/mol. The van der Waals surface area contributed by atoms with Gasteiger partial charge < -0.3 is 38.7 Å². The molecule has 110 heavy (non-hydrogen) atoms. The SMILES string of the molecule is C=C1CCc2c1ccc1c2c2cc(C(C)=O)ccc2n1CCNC(C)C.CC(=O)c1ccc2c(c1)c1cc(C(C)=O)ccc1n2CCCN1CCC(C)CC1.CC(=O)c1ccc2c(c1)c1cc(C(C)=O)ccc1n2CCCN1CCCCCC1.CC(=O)c1ccc2c(c1)c1cc(C(C)=O)ccc1n2CCCNC(C)C. The highest BCUT2D eigenvalue weighted by Gasteiger charge is 2.25. The van der Waals surface area contributed by atoms with E-state index in [0.717, 1.165) is 161 Å². The highest BCUT2D eigenvalue weighted by atomic mass is 16.1. The van der Waals surface area contributed by atoms with Crippen molar-refractivity contribution >= 4 is 133 Å². The van der Waals surface area contributed by atoms with Crippen LogP contribution in [0.1, 0.15) is 231 Å². The van der Waals surface area contributed by atoms with Gasteiger partial charge in [0, 0.05) is 171 Å². The van der Waals surface area contributed by atoms with Crippen LogP contribution in [0.25, 0.3) is 92.8 Å². The Morgan fingerprint density at radius 1 is 0.355 bits per heavy atom. The van der Waals surface area contributed by atoms with Crippen molar-refractivity contribution < 1.29 is 33.6 Å². The molecular weight excluding hydrogens is 1370 g/mol. The first kappa shape index (κ1) is 79.8. The molecule has 1 aliphatic carbocycles. The summed E-state index contributed by atoms with van der Waals surface area (Å²) in [7, 11) is 0. The highest BCUT2D eigenvalue weighted by molar-refractivity contribution is 6.17. The van der Waals surface area contributed by atoms with Crippen LogP contribution in [0, 0.1) is 5.92 Å². The fourth-order valence-corrected chi connectivity index (χ4v) is 16.7. The number of allylic oxidation sites excluding steroid dienone is 1. The number of hydrogen-bond acceptors (Lipinski definition) is 11. The molecule has 574 valence electrons. The number of carbonyl (C=O) groups excluding carboxylic acids is 7. The molecule has 0 amide bonds. The van der Waals surface area contributed by atoms with Gasteiger partial charge in [-0.25, -0.2) is 0 Å². The number of hydrogen-bond donors (Lipinski definition) is 2. The van der Waals surface area contributed by atoms with Crippen LogP contribution in [-0.4, -0.2) is 133 Å². The molecule has 15 rings (SSSR count). The lowest BCUT2D eigenvalue weighted by atomic mass is 9.99. The largest absolute Gasteiger partial charge is 0.340 e. The third kappa shape index (κ3) is 18.0. The Morgan fingerprint density at radius 3 is 1.00 bits per heavy atom. The zero-order valence-corrected chi connectivity index (χ0v) is 67.0. The molecule has 4 aromatic heterocycles. The van der Waals surface area contributed by atoms with E-state index in [1.165, 1.54) is 103 Å². The van der Waals surface area contributed by atoms with Gasteiger partial charge in [-0.2, -0.15) is 0 Å². The lowest BCUT2D eigenvalue weighted by Crippen LogP contribution is -2.33. The van der Waals surface area contributed by atoms with E-state index in [1.807, 2.05) is 91.0 Å². The molecule has 0 unspecified atom stereocenters. The summed E-state index contributed by atoms with van der Waals surface area (Å²) in [6, 6.07) is 47.1. The van der Waals surface area contributed by atoms with Gasteiger partial charge in [0.05, 0.1) is 0 Å². The molecule has 2 saturated heterocycles. The van der Waals surface area contributed by atoms with Gasteiger partial charge in [-0.05, 0) is 308 Å². The molecule has 2 fully saturated rings. The molecule has 8 aromatic carbocycles. The van der Waals surface area contributed by atoms with Crippen molar-refractivity contribution in [3.8, 4) is 0 Å². The van der Waals surface area contributed by atoms with Crippen molar-refractivity contribution in [3.63, 3.8) is 0 Å². The van der Waals surface area contributed by atoms with Crippen molar-refractivity contribution in [1.82, 2.24) is 38.7 Å². The molecule has 6 heterocycles. The van der Waals surface area contributed by atoms with Crippen LogP contribution >= 0.6 is 0 Å². The number of aromatic nitrogens is 4. The Bertz CT molecular complexity index is 5290. The first-order chi connectivity index (χ1) is 52.8. The van der Waals surface area contributed by atoms with Gasteiger partial charge in [0.25, 0.3) is 0 Å². The fourth-order valence-electron chi connectivity index (χ4n) is 16.7. The molecule has 15 nitrogen and oxygen atoms in total. The highest BCUT2D eigenvalue weighted by Crippen LogP contribution is 2.42. The summed E-state index contributed by atoms with van der Waals surface area (Å²) in [6.45, 7) is 39.1. The number of nitrogens with zero attached hydrogens (tertiary/aromatic N) is 6. The monoisotopic (exact) mass is 1480 g/mol. The van der Waals surface area contributed by atoms with Crippen molar-refractivity contribution in [2.75, 3.05) is 52.4 Å². The van der Waals surface area contributed by atoms with Gasteiger partial charge in [0.15, 0.2) is 40.5 Å². The standard InChI is InChI=1S/2C25H30N2O2.C23H26N2O.C22H26N2O2/c1-17-9-13-26(14-10-17)11-4-12-27-24-7-5-20(18(2)28)15-22(24)23-16-21(19(3)29)6-8-25(23)27;1-18(28)20-8-10-24-22(16-20)23-17-21(19(2)29)9-11-25(23)27(24)15-7-14-26-12-5-3-4-6-13-26;1-14(2)24-11-12-25-21-9-6-17(16(4)26)13-20(21)23-19-7-5-15(3)18(19)8-10-22(23)25;1-14(2)23-10-5-11-24-21-8-6-17(15(3)25)12-19(21)20-13-18(16(4)26)7-9-22(20)24/h5-8,15-17H,4,9-14H2,1-3H3;8-11,16-17H,3-7,12-15H2,1-2H3;6,8-10,13-14,24H,3,5,7,11-12H2,1-2,4H3;6-9,12-14,23H,5,10-11H2,1-4H3. The topological polar surface area (TPSA) is 170 Å². The molecule has 2 aliphatic heterocycles. The molecule has 15 heteroatoms. The van der Waals surface area contributed by atoms with Gasteiger partial charge in [-0.15, -0.1) is 0 Å². The number of aryl methyl sites for hydroxylation is 4. The maximum atomic E-state index is 11.9. The van der Waals surface area contributed by atoms with Crippen LogP contribution in [0.5, 0.6) is 0 Å². The van der Waals surface area contributed by atoms with E-state index >= 15 is 0 Å². The molecule has 12 aromatic rings. The van der Waals surface area contributed by atoms with E-state index in [0.29, 0.717) is 45.5 Å². The molecule has 0 atom stereocenters. The van der Waals surface area contributed by atoms with Crippen LogP contribution in [0.15, 0.2) is 146 Å². The molecule has 2 N–H and O–H groups in total. The molecule has 0 bridgehead atoms. The van der Waals surface area contributed by atoms with E-state index < -0.39 is 0 Å². The predicted octanol–water partition coefficient (Wildman–Crippen LogP) is 20.3. The number of fused-ring (bicyclic) bond motifs is 14. The Balaban J connectivity index is 0.000000137. The molecule has 0 spiro atoms. The van der Waals surface area contributed by atoms with Crippen LogP contribution in [0.3, 0.4) is 0 Å². The number of Topliss-reactive ketones (excluding diaryl/α,β-unsaturated/α-hetero) is 7. The smallest absolute Gasteiger partial charge is 0.159 e. The summed E-state index contributed by atoms with van der Waals surface area (Å²) in [5.74, 6) is 1.34. The Labute approximate surface area is 648 Å². The zero-order chi connectivity index (χ0) is 78.2. The summed E-state index contributed by atoms with van der Waals surface area (Å²) in [5.41, 5.74) is 18.2.